The third kappa shape index (κ3) is 9.78. The number of hydrogen-bond acceptors (Lipinski definition) is 4. The van der Waals surface area contributed by atoms with E-state index < -0.39 is 0 Å². The van der Waals surface area contributed by atoms with Gasteiger partial charge in [-0.25, -0.2) is 0 Å². The van der Waals surface area contributed by atoms with Crippen molar-refractivity contribution >= 4 is 29.9 Å². The van der Waals surface area contributed by atoms with E-state index in [2.05, 4.69) is 46.5 Å². The molecular weight excluding hydrogens is 405 g/mol. The number of nitrogens with one attached hydrogen (secondary N) is 2. The van der Waals surface area contributed by atoms with Crippen molar-refractivity contribution in [3.8, 4) is 0 Å². The second-order valence-electron chi connectivity index (χ2n) is 5.79. The second kappa shape index (κ2) is 13.6. The number of hydrogen-bond donors (Lipinski definition) is 2. The molecule has 0 aliphatic rings. The zero-order valence-electron chi connectivity index (χ0n) is 14.9. The van der Waals surface area contributed by atoms with Gasteiger partial charge < -0.3 is 15.2 Å². The summed E-state index contributed by atoms with van der Waals surface area (Å²) in [7, 11) is 1.80. The molecule has 2 N–H and O–H groups in total. The topological polar surface area (TPSA) is 75.3 Å². The minimum atomic E-state index is 0. The van der Waals surface area contributed by atoms with E-state index in [-0.39, 0.29) is 24.0 Å². The number of unbranched alkanes of at least 4 members (excludes halogenated alkanes) is 3. The summed E-state index contributed by atoms with van der Waals surface area (Å²) in [6.07, 6.45) is 6.76. The summed E-state index contributed by atoms with van der Waals surface area (Å²) in [6, 6.07) is 0. The molecule has 1 aromatic rings. The zero-order valence-corrected chi connectivity index (χ0v) is 17.2. The van der Waals surface area contributed by atoms with E-state index in [9.17, 15) is 0 Å². The molecule has 23 heavy (non-hydrogen) atoms. The van der Waals surface area contributed by atoms with Crippen molar-refractivity contribution in [2.45, 2.75) is 65.2 Å². The van der Waals surface area contributed by atoms with E-state index in [0.29, 0.717) is 11.8 Å². The van der Waals surface area contributed by atoms with Crippen LogP contribution in [-0.2, 0) is 6.42 Å². The van der Waals surface area contributed by atoms with Crippen molar-refractivity contribution in [2.24, 2.45) is 4.99 Å². The predicted molar refractivity (Wildman–Crippen MR) is 106 cm³/mol. The van der Waals surface area contributed by atoms with E-state index >= 15 is 0 Å². The fourth-order valence-corrected chi connectivity index (χ4v) is 2.03. The first-order chi connectivity index (χ1) is 10.7. The van der Waals surface area contributed by atoms with Crippen LogP contribution in [0.4, 0.5) is 0 Å². The molecule has 0 unspecified atom stereocenters. The highest BCUT2D eigenvalue weighted by atomic mass is 127. The maximum atomic E-state index is 5.23. The van der Waals surface area contributed by atoms with Crippen molar-refractivity contribution in [3.63, 3.8) is 0 Å². The van der Waals surface area contributed by atoms with Gasteiger partial charge in [-0.05, 0) is 12.8 Å². The van der Waals surface area contributed by atoms with Gasteiger partial charge in [0.05, 0.1) is 0 Å². The van der Waals surface area contributed by atoms with Crippen LogP contribution in [0.2, 0.25) is 0 Å². The lowest BCUT2D eigenvalue weighted by atomic mass is 10.2. The third-order valence-corrected chi connectivity index (χ3v) is 3.41. The molecule has 0 aliphatic heterocycles. The highest BCUT2D eigenvalue weighted by Crippen LogP contribution is 2.10. The minimum absolute atomic E-state index is 0. The summed E-state index contributed by atoms with van der Waals surface area (Å²) in [5, 5.41) is 10.6. The van der Waals surface area contributed by atoms with Crippen LogP contribution in [0.15, 0.2) is 9.52 Å². The van der Waals surface area contributed by atoms with Crippen LogP contribution in [0.1, 0.15) is 70.5 Å². The highest BCUT2D eigenvalue weighted by Gasteiger charge is 2.09. The Hall–Kier alpha value is -0.860. The Labute approximate surface area is 157 Å². The average Bonchev–Trinajstić information content (AvgIpc) is 2.98. The van der Waals surface area contributed by atoms with E-state index in [1.54, 1.807) is 7.05 Å². The van der Waals surface area contributed by atoms with Gasteiger partial charge in [0.1, 0.15) is 0 Å². The van der Waals surface area contributed by atoms with Crippen LogP contribution in [0, 0.1) is 0 Å². The minimum Gasteiger partial charge on any atom is -0.356 e. The molecule has 1 aromatic heterocycles. The van der Waals surface area contributed by atoms with Crippen molar-refractivity contribution < 1.29 is 4.52 Å². The average molecular weight is 437 g/mol. The SMILES string of the molecule is CCCCCCNC(=NC)NCCCc1nc(C(C)C)no1.I. The summed E-state index contributed by atoms with van der Waals surface area (Å²) in [4.78, 5) is 8.59. The molecule has 0 aliphatic carbocycles. The monoisotopic (exact) mass is 437 g/mol. The van der Waals surface area contributed by atoms with Crippen molar-refractivity contribution in [3.05, 3.63) is 11.7 Å². The molecule has 134 valence electrons. The standard InChI is InChI=1S/C16H31N5O.HI/c1-5-6-7-8-11-18-16(17-4)19-12-9-10-14-20-15(13(2)3)21-22-14;/h13H,5-12H2,1-4H3,(H2,17,18,19);1H. The highest BCUT2D eigenvalue weighted by molar-refractivity contribution is 14.0. The molecule has 0 aromatic carbocycles. The molecule has 0 saturated heterocycles. The van der Waals surface area contributed by atoms with Crippen molar-refractivity contribution in [1.82, 2.24) is 20.8 Å². The number of halogens is 1. The molecule has 0 saturated carbocycles. The molecule has 0 fully saturated rings. The Bertz CT molecular complexity index is 434. The second-order valence-corrected chi connectivity index (χ2v) is 5.79. The van der Waals surface area contributed by atoms with Gasteiger partial charge in [-0.2, -0.15) is 4.98 Å². The van der Waals surface area contributed by atoms with Crippen LogP contribution in [0.25, 0.3) is 0 Å². The lowest BCUT2D eigenvalue weighted by molar-refractivity contribution is 0.368. The lowest BCUT2D eigenvalue weighted by Crippen LogP contribution is -2.38. The molecule has 6 nitrogen and oxygen atoms in total. The van der Waals surface area contributed by atoms with E-state index in [1.807, 2.05) is 0 Å². The summed E-state index contributed by atoms with van der Waals surface area (Å²) in [5.74, 6) is 2.68. The van der Waals surface area contributed by atoms with Crippen LogP contribution in [-0.4, -0.2) is 36.2 Å². The Balaban J connectivity index is 0.00000484. The molecule has 1 rings (SSSR count). The number of aliphatic imine (C=N–C) groups is 1. The molecule has 0 bridgehead atoms. The number of rotatable bonds is 10. The molecule has 0 amide bonds. The number of nitrogens with zero attached hydrogens (tertiary/aromatic N) is 3. The van der Waals surface area contributed by atoms with E-state index in [1.165, 1.54) is 25.7 Å². The Kier molecular flexibility index (Phi) is 13.1. The fourth-order valence-electron chi connectivity index (χ4n) is 2.03. The van der Waals surface area contributed by atoms with Crippen LogP contribution >= 0.6 is 24.0 Å². The van der Waals surface area contributed by atoms with Crippen LogP contribution < -0.4 is 10.6 Å². The summed E-state index contributed by atoms with van der Waals surface area (Å²) in [6.45, 7) is 8.16. The first-order valence-corrected chi connectivity index (χ1v) is 8.44. The Morgan fingerprint density at radius 3 is 2.39 bits per heavy atom. The van der Waals surface area contributed by atoms with Crippen LogP contribution in [0.3, 0.4) is 0 Å². The third-order valence-electron chi connectivity index (χ3n) is 3.41. The Morgan fingerprint density at radius 1 is 1.13 bits per heavy atom. The van der Waals surface area contributed by atoms with Gasteiger partial charge >= 0.3 is 0 Å². The molecule has 1 heterocycles. The van der Waals surface area contributed by atoms with Gasteiger partial charge in [-0.1, -0.05) is 45.2 Å². The maximum Gasteiger partial charge on any atom is 0.226 e. The number of aryl methyl sites for hydroxylation is 1. The zero-order chi connectivity index (χ0) is 16.2. The number of guanidine groups is 1. The first kappa shape index (κ1) is 22.1. The van der Waals surface area contributed by atoms with Crippen LogP contribution in [0.5, 0.6) is 0 Å². The predicted octanol–water partition coefficient (Wildman–Crippen LogP) is 3.49. The van der Waals surface area contributed by atoms with Crippen molar-refractivity contribution in [1.29, 1.82) is 0 Å². The van der Waals surface area contributed by atoms with Gasteiger partial charge in [0, 0.05) is 32.5 Å². The molecule has 7 heteroatoms. The largest absolute Gasteiger partial charge is 0.356 e. The lowest BCUT2D eigenvalue weighted by Gasteiger charge is -2.11. The van der Waals surface area contributed by atoms with E-state index in [0.717, 1.165) is 37.7 Å². The van der Waals surface area contributed by atoms with Gasteiger partial charge in [0.2, 0.25) is 5.89 Å². The van der Waals surface area contributed by atoms with Gasteiger partial charge in [0.25, 0.3) is 0 Å². The van der Waals surface area contributed by atoms with Gasteiger partial charge in [-0.3, -0.25) is 4.99 Å². The smallest absolute Gasteiger partial charge is 0.226 e. The summed E-state index contributed by atoms with van der Waals surface area (Å²) >= 11 is 0. The molecule has 0 atom stereocenters. The Morgan fingerprint density at radius 2 is 1.83 bits per heavy atom. The summed E-state index contributed by atoms with van der Waals surface area (Å²) in [5.41, 5.74) is 0. The van der Waals surface area contributed by atoms with E-state index in [4.69, 9.17) is 4.52 Å². The molecule has 0 radical (unpaired) electrons. The fraction of sp³-hybridized carbons (Fsp3) is 0.812. The number of aromatic nitrogens is 2. The van der Waals surface area contributed by atoms with Gasteiger partial charge in [0.15, 0.2) is 11.8 Å². The maximum absolute atomic E-state index is 5.23. The quantitative estimate of drug-likeness (QED) is 0.254. The molecular formula is C16H32IN5O. The van der Waals surface area contributed by atoms with Gasteiger partial charge in [-0.15, -0.1) is 24.0 Å². The summed E-state index contributed by atoms with van der Waals surface area (Å²) < 4.78 is 5.23. The van der Waals surface area contributed by atoms with Crippen molar-refractivity contribution in [2.75, 3.05) is 20.1 Å². The normalized spacial score (nSPS) is 11.4. The first-order valence-electron chi connectivity index (χ1n) is 8.44. The molecule has 0 spiro atoms.